The van der Waals surface area contributed by atoms with Crippen LogP contribution in [0.1, 0.15) is 19.3 Å². The van der Waals surface area contributed by atoms with E-state index in [0.29, 0.717) is 23.7 Å². The molecule has 1 aliphatic rings. The Hall–Kier alpha value is -2.15. The van der Waals surface area contributed by atoms with Gasteiger partial charge in [-0.2, -0.15) is 4.98 Å². The third kappa shape index (κ3) is 2.44. The summed E-state index contributed by atoms with van der Waals surface area (Å²) in [6.07, 6.45) is 2.59. The first-order valence-corrected chi connectivity index (χ1v) is 6.60. The second-order valence-corrected chi connectivity index (χ2v) is 5.07. The van der Waals surface area contributed by atoms with Crippen LogP contribution in [-0.4, -0.2) is 27.7 Å². The van der Waals surface area contributed by atoms with Crippen LogP contribution >= 0.6 is 0 Å². The Bertz CT molecular complexity index is 640. The summed E-state index contributed by atoms with van der Waals surface area (Å²) >= 11 is 0. The Morgan fingerprint density at radius 1 is 1.50 bits per heavy atom. The standard InChI is InChI=1S/C13H15N3O4/c17-11-3-1-2-8(11)7-14-13-15-10-6-9(16(18)19)4-5-12(10)20-13/h4-6,8,11,17H,1-3,7H2,(H,14,15). The molecule has 3 rings (SSSR count). The lowest BCUT2D eigenvalue weighted by molar-refractivity contribution is -0.384. The van der Waals surface area contributed by atoms with Crippen LogP contribution < -0.4 is 5.32 Å². The molecular weight excluding hydrogens is 262 g/mol. The molecule has 0 spiro atoms. The van der Waals surface area contributed by atoms with E-state index in [1.165, 1.54) is 18.2 Å². The quantitative estimate of drug-likeness (QED) is 0.656. The molecule has 2 unspecified atom stereocenters. The summed E-state index contributed by atoms with van der Waals surface area (Å²) < 4.78 is 5.47. The minimum absolute atomic E-state index is 0.0106. The van der Waals surface area contributed by atoms with Crippen LogP contribution in [0.5, 0.6) is 0 Å². The number of benzene rings is 1. The number of hydrogen-bond donors (Lipinski definition) is 2. The van der Waals surface area contributed by atoms with Gasteiger partial charge in [0.15, 0.2) is 5.58 Å². The van der Waals surface area contributed by atoms with Crippen LogP contribution in [0.2, 0.25) is 0 Å². The zero-order valence-corrected chi connectivity index (χ0v) is 10.8. The van der Waals surface area contributed by atoms with Crippen molar-refractivity contribution in [3.8, 4) is 0 Å². The fraction of sp³-hybridized carbons (Fsp3) is 0.462. The van der Waals surface area contributed by atoms with Crippen molar-refractivity contribution in [1.29, 1.82) is 0 Å². The second-order valence-electron chi connectivity index (χ2n) is 5.07. The summed E-state index contributed by atoms with van der Waals surface area (Å²) in [6.45, 7) is 0.593. The topological polar surface area (TPSA) is 101 Å². The fourth-order valence-electron chi connectivity index (χ4n) is 2.58. The SMILES string of the molecule is O=[N+]([O-])c1ccc2oc(NCC3CCCC3O)nc2c1. The number of rotatable bonds is 4. The molecule has 20 heavy (non-hydrogen) atoms. The molecule has 1 aliphatic carbocycles. The first kappa shape index (κ1) is 12.9. The Morgan fingerprint density at radius 2 is 2.35 bits per heavy atom. The number of nitrogens with one attached hydrogen (secondary N) is 1. The number of aliphatic hydroxyl groups is 1. The molecule has 7 nitrogen and oxygen atoms in total. The normalized spacial score (nSPS) is 22.2. The molecule has 0 aliphatic heterocycles. The van der Waals surface area contributed by atoms with Crippen molar-refractivity contribution in [2.75, 3.05) is 11.9 Å². The number of anilines is 1. The smallest absolute Gasteiger partial charge is 0.295 e. The zero-order valence-electron chi connectivity index (χ0n) is 10.8. The largest absolute Gasteiger partial charge is 0.424 e. The number of aliphatic hydroxyl groups excluding tert-OH is 1. The number of hydrogen-bond acceptors (Lipinski definition) is 6. The molecule has 1 aromatic carbocycles. The number of oxazole rings is 1. The summed E-state index contributed by atoms with van der Waals surface area (Å²) in [4.78, 5) is 14.4. The molecule has 1 saturated carbocycles. The Morgan fingerprint density at radius 3 is 3.05 bits per heavy atom. The predicted octanol–water partition coefficient (Wildman–Crippen LogP) is 2.31. The van der Waals surface area contributed by atoms with Crippen molar-refractivity contribution >= 4 is 22.8 Å². The molecule has 0 amide bonds. The average molecular weight is 277 g/mol. The van der Waals surface area contributed by atoms with Crippen molar-refractivity contribution < 1.29 is 14.4 Å². The van der Waals surface area contributed by atoms with Crippen molar-refractivity contribution in [1.82, 2.24) is 4.98 Å². The Balaban J connectivity index is 1.74. The van der Waals surface area contributed by atoms with Crippen LogP contribution in [0, 0.1) is 16.0 Å². The predicted molar refractivity (Wildman–Crippen MR) is 72.5 cm³/mol. The maximum absolute atomic E-state index is 10.7. The first-order chi connectivity index (χ1) is 9.63. The molecule has 2 aromatic rings. The van der Waals surface area contributed by atoms with E-state index in [2.05, 4.69) is 10.3 Å². The monoisotopic (exact) mass is 277 g/mol. The maximum Gasteiger partial charge on any atom is 0.295 e. The lowest BCUT2D eigenvalue weighted by Gasteiger charge is -2.13. The third-order valence-corrected chi connectivity index (χ3v) is 3.72. The molecule has 0 radical (unpaired) electrons. The Kier molecular flexibility index (Phi) is 3.27. The van der Waals surface area contributed by atoms with Gasteiger partial charge in [0.05, 0.1) is 11.0 Å². The summed E-state index contributed by atoms with van der Waals surface area (Å²) in [6, 6.07) is 4.64. The van der Waals surface area contributed by atoms with Crippen molar-refractivity contribution in [2.24, 2.45) is 5.92 Å². The molecule has 1 fully saturated rings. The number of aromatic nitrogens is 1. The second kappa shape index (κ2) is 5.09. The lowest BCUT2D eigenvalue weighted by atomic mass is 10.1. The van der Waals surface area contributed by atoms with E-state index in [1.54, 1.807) is 0 Å². The summed E-state index contributed by atoms with van der Waals surface area (Å²) in [5.41, 5.74) is 0.947. The highest BCUT2D eigenvalue weighted by Crippen LogP contribution is 2.27. The number of nitro groups is 1. The molecule has 106 valence electrons. The number of fused-ring (bicyclic) bond motifs is 1. The first-order valence-electron chi connectivity index (χ1n) is 6.60. The average Bonchev–Trinajstić information content (AvgIpc) is 3.00. The van der Waals surface area contributed by atoms with Gasteiger partial charge in [0, 0.05) is 24.6 Å². The van der Waals surface area contributed by atoms with E-state index in [4.69, 9.17) is 4.42 Å². The minimum atomic E-state index is -0.462. The molecule has 2 atom stereocenters. The van der Waals surface area contributed by atoms with E-state index in [9.17, 15) is 15.2 Å². The third-order valence-electron chi connectivity index (χ3n) is 3.72. The van der Waals surface area contributed by atoms with Crippen LogP contribution in [0.25, 0.3) is 11.1 Å². The molecule has 1 aromatic heterocycles. The van der Waals surface area contributed by atoms with E-state index in [0.717, 1.165) is 19.3 Å². The summed E-state index contributed by atoms with van der Waals surface area (Å²) in [7, 11) is 0. The molecule has 1 heterocycles. The van der Waals surface area contributed by atoms with E-state index < -0.39 is 4.92 Å². The maximum atomic E-state index is 10.7. The van der Waals surface area contributed by atoms with Crippen LogP contribution in [0.15, 0.2) is 22.6 Å². The van der Waals surface area contributed by atoms with Crippen LogP contribution in [0.4, 0.5) is 11.7 Å². The van der Waals surface area contributed by atoms with Gasteiger partial charge in [-0.1, -0.05) is 6.42 Å². The van der Waals surface area contributed by atoms with Crippen molar-refractivity contribution in [2.45, 2.75) is 25.4 Å². The van der Waals surface area contributed by atoms with Gasteiger partial charge in [-0.15, -0.1) is 0 Å². The van der Waals surface area contributed by atoms with Gasteiger partial charge < -0.3 is 14.8 Å². The number of nitrogens with zero attached hydrogens (tertiary/aromatic N) is 2. The highest BCUT2D eigenvalue weighted by atomic mass is 16.6. The highest BCUT2D eigenvalue weighted by Gasteiger charge is 2.25. The van der Waals surface area contributed by atoms with Crippen molar-refractivity contribution in [3.05, 3.63) is 28.3 Å². The fourth-order valence-corrected chi connectivity index (χ4v) is 2.58. The number of non-ortho nitro benzene ring substituents is 1. The van der Waals surface area contributed by atoms with Gasteiger partial charge >= 0.3 is 0 Å². The molecule has 0 bridgehead atoms. The van der Waals surface area contributed by atoms with Gasteiger partial charge in [-0.05, 0) is 18.9 Å². The molecule has 2 N–H and O–H groups in total. The van der Waals surface area contributed by atoms with E-state index in [1.807, 2.05) is 0 Å². The van der Waals surface area contributed by atoms with Crippen LogP contribution in [0.3, 0.4) is 0 Å². The van der Waals surface area contributed by atoms with Gasteiger partial charge in [-0.25, -0.2) is 0 Å². The number of nitro benzene ring substituents is 1. The zero-order chi connectivity index (χ0) is 14.1. The molecular formula is C13H15N3O4. The highest BCUT2D eigenvalue weighted by molar-refractivity contribution is 5.77. The summed E-state index contributed by atoms with van der Waals surface area (Å²) in [5, 5.41) is 23.5. The Labute approximate surface area is 114 Å². The van der Waals surface area contributed by atoms with E-state index >= 15 is 0 Å². The molecule has 0 saturated heterocycles. The van der Waals surface area contributed by atoms with Gasteiger partial charge in [-0.3, -0.25) is 10.1 Å². The van der Waals surface area contributed by atoms with Gasteiger partial charge in [0.25, 0.3) is 11.7 Å². The van der Waals surface area contributed by atoms with Gasteiger partial charge in [0.1, 0.15) is 5.52 Å². The minimum Gasteiger partial charge on any atom is -0.424 e. The van der Waals surface area contributed by atoms with E-state index in [-0.39, 0.29) is 17.7 Å². The lowest BCUT2D eigenvalue weighted by Crippen LogP contribution is -2.21. The van der Waals surface area contributed by atoms with Crippen LogP contribution in [-0.2, 0) is 0 Å². The summed E-state index contributed by atoms with van der Waals surface area (Å²) in [5.74, 6) is 0.208. The molecule has 7 heteroatoms. The van der Waals surface area contributed by atoms with Gasteiger partial charge in [0.2, 0.25) is 0 Å². The van der Waals surface area contributed by atoms with Crippen molar-refractivity contribution in [3.63, 3.8) is 0 Å².